The standard InChI is InChI=1S/C22H20FN3OS/c23-16-6-9-18-14(11-16)4-7-17-8-5-15(12-26(17)22(18)27)21-25-20(13-28-21)19-3-1-2-10-24-19/h1-3,6,9-11,13,15,17H,4-5,7-8,12H2/t15-,17-/m1/s1. The molecule has 2 aromatic heterocycles. The Morgan fingerprint density at radius 2 is 2.04 bits per heavy atom. The Labute approximate surface area is 167 Å². The van der Waals surface area contributed by atoms with Gasteiger partial charge in [0.05, 0.1) is 16.4 Å². The summed E-state index contributed by atoms with van der Waals surface area (Å²) in [6.07, 6.45) is 5.41. The number of benzene rings is 1. The molecule has 0 saturated carbocycles. The molecule has 28 heavy (non-hydrogen) atoms. The number of pyridine rings is 1. The Morgan fingerprint density at radius 3 is 2.89 bits per heavy atom. The number of hydrogen-bond donors (Lipinski definition) is 0. The van der Waals surface area contributed by atoms with E-state index in [1.54, 1.807) is 23.6 Å². The third-order valence-corrected chi connectivity index (χ3v) is 6.82. The maximum atomic E-state index is 13.6. The highest BCUT2D eigenvalue weighted by Crippen LogP contribution is 2.37. The number of halogens is 1. The fourth-order valence-electron chi connectivity index (χ4n) is 4.34. The molecule has 0 bridgehead atoms. The van der Waals surface area contributed by atoms with Gasteiger partial charge >= 0.3 is 0 Å². The predicted octanol–water partition coefficient (Wildman–Crippen LogP) is 4.68. The fourth-order valence-corrected chi connectivity index (χ4v) is 5.28. The van der Waals surface area contributed by atoms with Gasteiger partial charge in [0.25, 0.3) is 5.91 Å². The van der Waals surface area contributed by atoms with E-state index in [1.807, 2.05) is 28.5 Å². The van der Waals surface area contributed by atoms with Crippen molar-refractivity contribution in [2.24, 2.45) is 0 Å². The van der Waals surface area contributed by atoms with E-state index >= 15 is 0 Å². The summed E-state index contributed by atoms with van der Waals surface area (Å²) in [5.41, 5.74) is 3.26. The van der Waals surface area contributed by atoms with E-state index < -0.39 is 0 Å². The van der Waals surface area contributed by atoms with Gasteiger partial charge in [-0.3, -0.25) is 9.78 Å². The zero-order valence-corrected chi connectivity index (χ0v) is 16.2. The number of carbonyl (C=O) groups is 1. The Hall–Kier alpha value is -2.60. The molecule has 2 aliphatic rings. The number of aryl methyl sites for hydroxylation is 1. The second kappa shape index (κ2) is 7.09. The molecular weight excluding hydrogens is 373 g/mol. The molecular formula is C22H20FN3OS. The summed E-state index contributed by atoms with van der Waals surface area (Å²) < 4.78 is 13.6. The highest BCUT2D eigenvalue weighted by Gasteiger charge is 2.36. The number of carbonyl (C=O) groups excluding carboxylic acids is 1. The summed E-state index contributed by atoms with van der Waals surface area (Å²) in [5.74, 6) is 0.00232. The van der Waals surface area contributed by atoms with Crippen LogP contribution in [-0.4, -0.2) is 33.4 Å². The van der Waals surface area contributed by atoms with E-state index in [1.165, 1.54) is 12.1 Å². The second-order valence-corrected chi connectivity index (χ2v) is 8.40. The van der Waals surface area contributed by atoms with Crippen molar-refractivity contribution in [1.29, 1.82) is 0 Å². The number of rotatable bonds is 2. The van der Waals surface area contributed by atoms with Gasteiger partial charge in [-0.1, -0.05) is 6.07 Å². The van der Waals surface area contributed by atoms with Crippen LogP contribution in [0.2, 0.25) is 0 Å². The van der Waals surface area contributed by atoms with Crippen LogP contribution in [0.5, 0.6) is 0 Å². The van der Waals surface area contributed by atoms with Crippen LogP contribution in [0.25, 0.3) is 11.4 Å². The molecule has 0 spiro atoms. The molecule has 5 rings (SSSR count). The number of aromatic nitrogens is 2. The number of thiazole rings is 1. The normalized spacial score (nSPS) is 21.8. The molecule has 0 radical (unpaired) electrons. The van der Waals surface area contributed by atoms with Crippen molar-refractivity contribution in [3.05, 3.63) is 69.9 Å². The highest BCUT2D eigenvalue weighted by atomic mass is 32.1. The van der Waals surface area contributed by atoms with Crippen LogP contribution in [0.3, 0.4) is 0 Å². The molecule has 1 aromatic carbocycles. The summed E-state index contributed by atoms with van der Waals surface area (Å²) in [7, 11) is 0. The highest BCUT2D eigenvalue weighted by molar-refractivity contribution is 7.10. The van der Waals surface area contributed by atoms with Crippen molar-refractivity contribution < 1.29 is 9.18 Å². The van der Waals surface area contributed by atoms with Crippen LogP contribution in [0.1, 0.15) is 46.1 Å². The smallest absolute Gasteiger partial charge is 0.254 e. The average Bonchev–Trinajstić information content (AvgIpc) is 3.18. The molecule has 0 N–H and O–H groups in total. The zero-order chi connectivity index (χ0) is 19.1. The monoisotopic (exact) mass is 393 g/mol. The molecule has 0 aliphatic carbocycles. The molecule has 1 fully saturated rings. The molecule has 4 nitrogen and oxygen atoms in total. The van der Waals surface area contributed by atoms with Crippen LogP contribution in [0, 0.1) is 5.82 Å². The lowest BCUT2D eigenvalue weighted by molar-refractivity contribution is 0.0588. The molecule has 2 atom stereocenters. The van der Waals surface area contributed by atoms with Crippen LogP contribution < -0.4 is 0 Å². The van der Waals surface area contributed by atoms with Gasteiger partial charge in [-0.2, -0.15) is 0 Å². The van der Waals surface area contributed by atoms with Gasteiger partial charge in [-0.15, -0.1) is 11.3 Å². The quantitative estimate of drug-likeness (QED) is 0.635. The van der Waals surface area contributed by atoms with Gasteiger partial charge in [0.2, 0.25) is 0 Å². The van der Waals surface area contributed by atoms with E-state index in [0.717, 1.165) is 47.6 Å². The Balaban J connectivity index is 1.40. The minimum absolute atomic E-state index is 0.0312. The van der Waals surface area contributed by atoms with Gasteiger partial charge < -0.3 is 4.90 Å². The third-order valence-electron chi connectivity index (χ3n) is 5.81. The number of nitrogens with zero attached hydrogens (tertiary/aromatic N) is 3. The van der Waals surface area contributed by atoms with Gasteiger partial charge in [0, 0.05) is 35.6 Å². The molecule has 142 valence electrons. The SMILES string of the molecule is O=C1c2ccc(F)cc2CC[C@@H]2CC[C@@H](c3nc(-c4ccccn4)cs3)CN12. The van der Waals surface area contributed by atoms with Crippen LogP contribution >= 0.6 is 11.3 Å². The molecule has 3 aromatic rings. The maximum absolute atomic E-state index is 13.6. The number of fused-ring (bicyclic) bond motifs is 2. The van der Waals surface area contributed by atoms with Crippen molar-refractivity contribution >= 4 is 17.2 Å². The fraction of sp³-hybridized carbons (Fsp3) is 0.318. The lowest BCUT2D eigenvalue weighted by Gasteiger charge is -2.38. The lowest BCUT2D eigenvalue weighted by atomic mass is 9.91. The average molecular weight is 393 g/mol. The summed E-state index contributed by atoms with van der Waals surface area (Å²) in [5, 5.41) is 3.11. The van der Waals surface area contributed by atoms with E-state index in [9.17, 15) is 9.18 Å². The topological polar surface area (TPSA) is 46.1 Å². The van der Waals surface area contributed by atoms with E-state index in [0.29, 0.717) is 12.1 Å². The van der Waals surface area contributed by atoms with E-state index in [4.69, 9.17) is 4.98 Å². The Morgan fingerprint density at radius 1 is 1.11 bits per heavy atom. The molecule has 1 saturated heterocycles. The first-order valence-electron chi connectivity index (χ1n) is 9.65. The second-order valence-electron chi connectivity index (χ2n) is 7.51. The van der Waals surface area contributed by atoms with Gasteiger partial charge in [0.15, 0.2) is 0 Å². The molecule has 1 amide bonds. The van der Waals surface area contributed by atoms with Gasteiger partial charge in [-0.05, 0) is 61.6 Å². The van der Waals surface area contributed by atoms with E-state index in [-0.39, 0.29) is 23.7 Å². The lowest BCUT2D eigenvalue weighted by Crippen LogP contribution is -2.45. The molecule has 4 heterocycles. The zero-order valence-electron chi connectivity index (χ0n) is 15.3. The van der Waals surface area contributed by atoms with Crippen LogP contribution in [0.4, 0.5) is 4.39 Å². The first-order chi connectivity index (χ1) is 13.7. The summed E-state index contributed by atoms with van der Waals surface area (Å²) in [6.45, 7) is 0.676. The number of hydrogen-bond acceptors (Lipinski definition) is 4. The predicted molar refractivity (Wildman–Crippen MR) is 107 cm³/mol. The van der Waals surface area contributed by atoms with Crippen molar-refractivity contribution in [2.45, 2.75) is 37.6 Å². The first kappa shape index (κ1) is 17.5. The van der Waals surface area contributed by atoms with Crippen molar-refractivity contribution in [3.8, 4) is 11.4 Å². The molecule has 6 heteroatoms. The maximum Gasteiger partial charge on any atom is 0.254 e. The summed E-state index contributed by atoms with van der Waals surface area (Å²) >= 11 is 1.65. The van der Waals surface area contributed by atoms with Crippen LogP contribution in [-0.2, 0) is 6.42 Å². The van der Waals surface area contributed by atoms with Crippen molar-refractivity contribution in [3.63, 3.8) is 0 Å². The molecule has 0 unspecified atom stereocenters. The van der Waals surface area contributed by atoms with Crippen molar-refractivity contribution in [2.75, 3.05) is 6.54 Å². The number of piperidine rings is 1. The van der Waals surface area contributed by atoms with Gasteiger partial charge in [0.1, 0.15) is 5.82 Å². The summed E-state index contributed by atoms with van der Waals surface area (Å²) in [6, 6.07) is 10.6. The largest absolute Gasteiger partial charge is 0.335 e. The summed E-state index contributed by atoms with van der Waals surface area (Å²) in [4.78, 5) is 24.4. The van der Waals surface area contributed by atoms with Crippen molar-refractivity contribution in [1.82, 2.24) is 14.9 Å². The Bertz CT molecular complexity index is 1020. The molecule has 2 aliphatic heterocycles. The third kappa shape index (κ3) is 3.11. The van der Waals surface area contributed by atoms with Gasteiger partial charge in [-0.25, -0.2) is 9.37 Å². The minimum Gasteiger partial charge on any atom is -0.335 e. The minimum atomic E-state index is -0.269. The number of amides is 1. The first-order valence-corrected chi connectivity index (χ1v) is 10.5. The van der Waals surface area contributed by atoms with E-state index in [2.05, 4.69) is 4.98 Å². The Kier molecular flexibility index (Phi) is 4.43. The van der Waals surface area contributed by atoms with Crippen LogP contribution in [0.15, 0.2) is 48.0 Å².